The van der Waals surface area contributed by atoms with Crippen LogP contribution in [0.25, 0.3) is 22.2 Å². The van der Waals surface area contributed by atoms with E-state index in [1.54, 1.807) is 25.4 Å². The highest BCUT2D eigenvalue weighted by Gasteiger charge is 2.32. The van der Waals surface area contributed by atoms with Crippen LogP contribution in [0.1, 0.15) is 31.9 Å². The van der Waals surface area contributed by atoms with Crippen molar-refractivity contribution in [1.29, 1.82) is 0 Å². The predicted octanol–water partition coefficient (Wildman–Crippen LogP) is 5.54. The molecule has 0 saturated carbocycles. The van der Waals surface area contributed by atoms with Gasteiger partial charge in [-0.25, -0.2) is 9.37 Å². The average molecular weight is 531 g/mol. The van der Waals surface area contributed by atoms with Crippen LogP contribution < -0.4 is 20.1 Å². The molecule has 188 valence electrons. The van der Waals surface area contributed by atoms with Crippen LogP contribution in [0.3, 0.4) is 0 Å². The summed E-state index contributed by atoms with van der Waals surface area (Å²) >= 11 is 12.6. The minimum Gasteiger partial charge on any atom is -0.493 e. The molecule has 3 N–H and O–H groups in total. The molecule has 1 aliphatic rings. The molecule has 0 bridgehead atoms. The van der Waals surface area contributed by atoms with Gasteiger partial charge in [-0.2, -0.15) is 5.10 Å². The van der Waals surface area contributed by atoms with Crippen LogP contribution >= 0.6 is 23.2 Å². The molecule has 5 rings (SSSR count). The Morgan fingerprint density at radius 3 is 2.56 bits per heavy atom. The van der Waals surface area contributed by atoms with Gasteiger partial charge < -0.3 is 20.1 Å². The number of nitrogens with one attached hydrogen (secondary N) is 1. The molecule has 0 aliphatic carbocycles. The lowest BCUT2D eigenvalue weighted by molar-refractivity contribution is 0.216. The van der Waals surface area contributed by atoms with Gasteiger partial charge in [0.25, 0.3) is 0 Å². The number of nitrogens with two attached hydrogens (primary N) is 1. The van der Waals surface area contributed by atoms with Gasteiger partial charge in [0.2, 0.25) is 0 Å². The van der Waals surface area contributed by atoms with Crippen molar-refractivity contribution in [2.24, 2.45) is 5.73 Å². The van der Waals surface area contributed by atoms with Crippen molar-refractivity contribution < 1.29 is 13.9 Å². The van der Waals surface area contributed by atoms with Gasteiger partial charge in [0.15, 0.2) is 23.1 Å². The van der Waals surface area contributed by atoms with Crippen molar-refractivity contribution in [3.05, 3.63) is 58.2 Å². The molecular weight excluding hydrogens is 506 g/mol. The van der Waals surface area contributed by atoms with Gasteiger partial charge in [-0.1, -0.05) is 23.2 Å². The summed E-state index contributed by atoms with van der Waals surface area (Å²) in [6.07, 6.45) is 4.92. The molecule has 0 amide bonds. The summed E-state index contributed by atoms with van der Waals surface area (Å²) in [7, 11) is 1.55. The van der Waals surface area contributed by atoms with Gasteiger partial charge in [0, 0.05) is 59.8 Å². The number of rotatable bonds is 6. The fourth-order valence-electron chi connectivity index (χ4n) is 4.51. The first-order valence-corrected chi connectivity index (χ1v) is 12.1. The molecule has 4 aromatic rings. The molecule has 0 spiro atoms. The quantitative estimate of drug-likeness (QED) is 0.337. The third kappa shape index (κ3) is 4.54. The van der Waals surface area contributed by atoms with E-state index < -0.39 is 11.9 Å². The zero-order valence-corrected chi connectivity index (χ0v) is 21.5. The van der Waals surface area contributed by atoms with E-state index in [-0.39, 0.29) is 5.54 Å². The van der Waals surface area contributed by atoms with Crippen LogP contribution in [-0.2, 0) is 0 Å². The van der Waals surface area contributed by atoms with Crippen molar-refractivity contribution in [3.63, 3.8) is 0 Å². The molecule has 3 aromatic heterocycles. The molecule has 1 aromatic carbocycles. The van der Waals surface area contributed by atoms with Crippen molar-refractivity contribution in [3.8, 4) is 22.8 Å². The van der Waals surface area contributed by atoms with E-state index in [1.807, 2.05) is 18.7 Å². The van der Waals surface area contributed by atoms with Crippen LogP contribution in [0.2, 0.25) is 10.0 Å². The van der Waals surface area contributed by atoms with E-state index in [1.165, 1.54) is 18.5 Å². The zero-order chi connectivity index (χ0) is 25.6. The van der Waals surface area contributed by atoms with E-state index in [2.05, 4.69) is 20.2 Å². The van der Waals surface area contributed by atoms with Crippen LogP contribution in [0.5, 0.6) is 11.5 Å². The highest BCUT2D eigenvalue weighted by Crippen LogP contribution is 2.40. The van der Waals surface area contributed by atoms with Gasteiger partial charge in [-0.05, 0) is 32.4 Å². The summed E-state index contributed by atoms with van der Waals surface area (Å²) in [5, 5.41) is 8.90. The Morgan fingerprint density at radius 1 is 1.17 bits per heavy atom. The molecular formula is C25H25Cl2FN6O2. The second kappa shape index (κ2) is 9.38. The van der Waals surface area contributed by atoms with Gasteiger partial charge in [0.05, 0.1) is 22.7 Å². The number of aromatic amines is 1. The number of methoxy groups -OCH3 is 1. The molecule has 11 heteroatoms. The topological polar surface area (TPSA) is 102 Å². The molecule has 0 unspecified atom stereocenters. The van der Waals surface area contributed by atoms with E-state index >= 15 is 4.39 Å². The maximum absolute atomic E-state index is 15.1. The average Bonchev–Trinajstić information content (AvgIpc) is 3.40. The summed E-state index contributed by atoms with van der Waals surface area (Å²) in [6.45, 7) is 4.99. The van der Waals surface area contributed by atoms with Crippen molar-refractivity contribution >= 4 is 39.9 Å². The summed E-state index contributed by atoms with van der Waals surface area (Å²) in [5.41, 5.74) is 8.22. The third-order valence-corrected chi connectivity index (χ3v) is 6.95. The molecule has 1 saturated heterocycles. The smallest absolute Gasteiger partial charge is 0.166 e. The number of fused-ring (bicyclic) bond motifs is 1. The highest BCUT2D eigenvalue weighted by atomic mass is 35.5. The molecule has 4 heterocycles. The van der Waals surface area contributed by atoms with E-state index in [9.17, 15) is 0 Å². The van der Waals surface area contributed by atoms with Gasteiger partial charge >= 0.3 is 0 Å². The number of ether oxygens (including phenoxy) is 2. The predicted molar refractivity (Wildman–Crippen MR) is 139 cm³/mol. The summed E-state index contributed by atoms with van der Waals surface area (Å²) in [6, 6.07) is 5.00. The Kier molecular flexibility index (Phi) is 6.40. The molecule has 36 heavy (non-hydrogen) atoms. The standard InChI is InChI=1S/C25H25Cl2FN6O2/c1-13(22-16(26)10-30-11-17(22)27)36-21-7-15-19(8-20(21)35-3)32-33-23(15)14-6-18(28)24(31-9-14)34-5-4-25(2,29)12-34/h6-11,13H,4-5,12,29H2,1-3H3,(H,32,33)/t13-,25-/m1/s1. The van der Waals surface area contributed by atoms with Gasteiger partial charge in [0.1, 0.15) is 11.8 Å². The molecule has 1 fully saturated rings. The summed E-state index contributed by atoms with van der Waals surface area (Å²) in [4.78, 5) is 10.3. The number of hydrogen-bond acceptors (Lipinski definition) is 7. The zero-order valence-electron chi connectivity index (χ0n) is 20.0. The fourth-order valence-corrected chi connectivity index (χ4v) is 5.19. The first kappa shape index (κ1) is 24.5. The van der Waals surface area contributed by atoms with E-state index in [0.717, 1.165) is 11.8 Å². The number of benzene rings is 1. The maximum Gasteiger partial charge on any atom is 0.166 e. The number of hydrogen-bond donors (Lipinski definition) is 2. The van der Waals surface area contributed by atoms with Crippen LogP contribution in [-0.4, -0.2) is 45.9 Å². The summed E-state index contributed by atoms with van der Waals surface area (Å²) < 4.78 is 26.9. The minimum absolute atomic E-state index is 0.290. The number of nitrogens with zero attached hydrogens (tertiary/aromatic N) is 4. The Hall–Kier alpha value is -3.14. The maximum atomic E-state index is 15.1. The molecule has 0 radical (unpaired) electrons. The minimum atomic E-state index is -0.498. The first-order chi connectivity index (χ1) is 17.2. The largest absolute Gasteiger partial charge is 0.493 e. The van der Waals surface area contributed by atoms with Crippen molar-refractivity contribution in [1.82, 2.24) is 20.2 Å². The monoisotopic (exact) mass is 530 g/mol. The van der Waals surface area contributed by atoms with Crippen LogP contribution in [0.4, 0.5) is 10.2 Å². The first-order valence-electron chi connectivity index (χ1n) is 11.4. The number of H-pyrrole nitrogens is 1. The van der Waals surface area contributed by atoms with E-state index in [0.29, 0.717) is 62.8 Å². The Balaban J connectivity index is 1.50. The Bertz CT molecular complexity index is 1420. The lowest BCUT2D eigenvalue weighted by Gasteiger charge is -2.21. The van der Waals surface area contributed by atoms with Gasteiger partial charge in [-0.15, -0.1) is 0 Å². The number of pyridine rings is 2. The molecule has 1 aliphatic heterocycles. The van der Waals surface area contributed by atoms with Crippen LogP contribution in [0, 0.1) is 5.82 Å². The SMILES string of the molecule is COc1cc2[nH]nc(-c3cnc(N4CC[C@@](C)(N)C4)c(F)c3)c2cc1O[C@H](C)c1c(Cl)cncc1Cl. The Labute approximate surface area is 217 Å². The highest BCUT2D eigenvalue weighted by molar-refractivity contribution is 6.35. The second-order valence-corrected chi connectivity index (χ2v) is 10.1. The molecule has 2 atom stereocenters. The number of aromatic nitrogens is 4. The summed E-state index contributed by atoms with van der Waals surface area (Å²) in [5.74, 6) is 0.804. The Morgan fingerprint density at radius 2 is 1.92 bits per heavy atom. The van der Waals surface area contributed by atoms with Crippen molar-refractivity contribution in [2.45, 2.75) is 31.9 Å². The lowest BCUT2D eigenvalue weighted by Crippen LogP contribution is -2.39. The fraction of sp³-hybridized carbons (Fsp3) is 0.320. The van der Waals surface area contributed by atoms with E-state index in [4.69, 9.17) is 38.4 Å². The molecule has 8 nitrogen and oxygen atoms in total. The van der Waals surface area contributed by atoms with Crippen molar-refractivity contribution in [2.75, 3.05) is 25.1 Å². The number of halogens is 3. The lowest BCUT2D eigenvalue weighted by atomic mass is 10.0. The third-order valence-electron chi connectivity index (χ3n) is 6.35. The second-order valence-electron chi connectivity index (χ2n) is 9.25. The normalized spacial score (nSPS) is 18.6. The van der Waals surface area contributed by atoms with Crippen LogP contribution in [0.15, 0.2) is 36.8 Å². The number of anilines is 1. The van der Waals surface area contributed by atoms with Gasteiger partial charge in [-0.3, -0.25) is 10.1 Å².